The number of aryl methyl sites for hydroxylation is 1. The van der Waals surface area contributed by atoms with Crippen LogP contribution in [-0.2, 0) is 6.42 Å². The van der Waals surface area contributed by atoms with Gasteiger partial charge in [-0.25, -0.2) is 14.4 Å². The second-order valence-electron chi connectivity index (χ2n) is 5.06. The lowest BCUT2D eigenvalue weighted by Crippen LogP contribution is -2.31. The van der Waals surface area contributed by atoms with Gasteiger partial charge in [0.25, 0.3) is 0 Å². The van der Waals surface area contributed by atoms with Gasteiger partial charge in [0.05, 0.1) is 12.3 Å². The molecule has 1 heterocycles. The summed E-state index contributed by atoms with van der Waals surface area (Å²) in [4.78, 5) is 7.83. The summed E-state index contributed by atoms with van der Waals surface area (Å²) >= 11 is 0. The molecule has 0 unspecified atom stereocenters. The van der Waals surface area contributed by atoms with Crippen molar-refractivity contribution in [2.24, 2.45) is 5.41 Å². The van der Waals surface area contributed by atoms with Gasteiger partial charge in [-0.3, -0.25) is 0 Å². The molecule has 0 amide bonds. The van der Waals surface area contributed by atoms with Gasteiger partial charge in [0, 0.05) is 12.0 Å². The highest BCUT2D eigenvalue weighted by atomic mass is 19.1. The van der Waals surface area contributed by atoms with Crippen molar-refractivity contribution in [2.75, 3.05) is 18.5 Å². The molecule has 0 aliphatic heterocycles. The van der Waals surface area contributed by atoms with E-state index in [1.54, 1.807) is 0 Å². The van der Waals surface area contributed by atoms with Crippen LogP contribution in [0.15, 0.2) is 6.33 Å². The highest BCUT2D eigenvalue weighted by Gasteiger charge is 2.33. The van der Waals surface area contributed by atoms with Crippen LogP contribution >= 0.6 is 0 Å². The van der Waals surface area contributed by atoms with Crippen molar-refractivity contribution in [3.63, 3.8) is 0 Å². The molecule has 1 aliphatic rings. The van der Waals surface area contributed by atoms with E-state index in [1.165, 1.54) is 6.33 Å². The zero-order valence-electron chi connectivity index (χ0n) is 10.7. The molecule has 2 N–H and O–H groups in total. The average molecular weight is 253 g/mol. The topological polar surface area (TPSA) is 58.0 Å². The standard InChI is InChI=1S/C13H20FN3O/c1-2-10-11(14)12(17-9-16-10)15-7-13(8-18)5-3-4-6-13/h9,18H,2-8H2,1H3,(H,15,16,17). The Balaban J connectivity index is 2.05. The Morgan fingerprint density at radius 3 is 2.72 bits per heavy atom. The van der Waals surface area contributed by atoms with E-state index in [4.69, 9.17) is 0 Å². The smallest absolute Gasteiger partial charge is 0.186 e. The first kappa shape index (κ1) is 13.2. The normalized spacial score (nSPS) is 17.9. The van der Waals surface area contributed by atoms with Gasteiger partial charge in [-0.2, -0.15) is 0 Å². The quantitative estimate of drug-likeness (QED) is 0.844. The summed E-state index contributed by atoms with van der Waals surface area (Å²) < 4.78 is 13.9. The molecule has 0 spiro atoms. The van der Waals surface area contributed by atoms with Crippen molar-refractivity contribution in [1.82, 2.24) is 9.97 Å². The first-order valence-corrected chi connectivity index (χ1v) is 6.55. The Kier molecular flexibility index (Phi) is 4.11. The van der Waals surface area contributed by atoms with E-state index in [9.17, 15) is 9.50 Å². The fourth-order valence-corrected chi connectivity index (χ4v) is 2.56. The number of hydrogen-bond donors (Lipinski definition) is 2. The molecule has 100 valence electrons. The van der Waals surface area contributed by atoms with Gasteiger partial charge in [-0.05, 0) is 19.3 Å². The Bertz CT molecular complexity index is 405. The molecule has 1 aliphatic carbocycles. The van der Waals surface area contributed by atoms with Crippen molar-refractivity contribution in [2.45, 2.75) is 39.0 Å². The fourth-order valence-electron chi connectivity index (χ4n) is 2.56. The van der Waals surface area contributed by atoms with Gasteiger partial charge >= 0.3 is 0 Å². The minimum Gasteiger partial charge on any atom is -0.396 e. The van der Waals surface area contributed by atoms with E-state index in [2.05, 4.69) is 15.3 Å². The van der Waals surface area contributed by atoms with Gasteiger partial charge < -0.3 is 10.4 Å². The first-order chi connectivity index (χ1) is 8.71. The van der Waals surface area contributed by atoms with Crippen LogP contribution < -0.4 is 5.32 Å². The Hall–Kier alpha value is -1.23. The van der Waals surface area contributed by atoms with E-state index in [0.717, 1.165) is 25.7 Å². The number of halogens is 1. The average Bonchev–Trinajstić information content (AvgIpc) is 2.87. The number of aliphatic hydroxyl groups excluding tert-OH is 1. The summed E-state index contributed by atoms with van der Waals surface area (Å²) in [6, 6.07) is 0. The molecule has 5 heteroatoms. The lowest BCUT2D eigenvalue weighted by molar-refractivity contribution is 0.142. The van der Waals surface area contributed by atoms with Crippen molar-refractivity contribution in [3.05, 3.63) is 17.8 Å². The molecular formula is C13H20FN3O. The fraction of sp³-hybridized carbons (Fsp3) is 0.692. The number of nitrogens with zero attached hydrogens (tertiary/aromatic N) is 2. The summed E-state index contributed by atoms with van der Waals surface area (Å²) in [6.45, 7) is 2.58. The van der Waals surface area contributed by atoms with Crippen molar-refractivity contribution >= 4 is 5.82 Å². The molecule has 1 aromatic rings. The second kappa shape index (κ2) is 5.61. The second-order valence-corrected chi connectivity index (χ2v) is 5.06. The van der Waals surface area contributed by atoms with E-state index in [1.807, 2.05) is 6.92 Å². The van der Waals surface area contributed by atoms with Gasteiger partial charge in [-0.15, -0.1) is 0 Å². The summed E-state index contributed by atoms with van der Waals surface area (Å²) in [7, 11) is 0. The molecule has 0 saturated heterocycles. The molecule has 0 aromatic carbocycles. The van der Waals surface area contributed by atoms with Gasteiger partial charge in [0.1, 0.15) is 6.33 Å². The Labute approximate surface area is 107 Å². The molecular weight excluding hydrogens is 233 g/mol. The highest BCUT2D eigenvalue weighted by molar-refractivity contribution is 5.37. The zero-order chi connectivity index (χ0) is 13.0. The first-order valence-electron chi connectivity index (χ1n) is 6.55. The van der Waals surface area contributed by atoms with Gasteiger partial charge in [0.15, 0.2) is 11.6 Å². The van der Waals surface area contributed by atoms with E-state index >= 15 is 0 Å². The summed E-state index contributed by atoms with van der Waals surface area (Å²) in [5.41, 5.74) is 0.320. The van der Waals surface area contributed by atoms with Crippen LogP contribution in [0.1, 0.15) is 38.3 Å². The van der Waals surface area contributed by atoms with Crippen LogP contribution in [0, 0.1) is 11.2 Å². The van der Waals surface area contributed by atoms with Crippen LogP contribution in [-0.4, -0.2) is 28.2 Å². The molecule has 2 rings (SSSR count). The predicted molar refractivity (Wildman–Crippen MR) is 67.8 cm³/mol. The van der Waals surface area contributed by atoms with Crippen LogP contribution in [0.3, 0.4) is 0 Å². The lowest BCUT2D eigenvalue weighted by atomic mass is 9.87. The number of nitrogens with one attached hydrogen (secondary N) is 1. The maximum atomic E-state index is 13.9. The third kappa shape index (κ3) is 2.61. The minimum absolute atomic E-state index is 0.107. The van der Waals surface area contributed by atoms with E-state index < -0.39 is 0 Å². The molecule has 0 radical (unpaired) electrons. The lowest BCUT2D eigenvalue weighted by Gasteiger charge is -2.26. The number of aromatic nitrogens is 2. The monoisotopic (exact) mass is 253 g/mol. The molecule has 1 fully saturated rings. The van der Waals surface area contributed by atoms with Crippen LogP contribution in [0.4, 0.5) is 10.2 Å². The van der Waals surface area contributed by atoms with Crippen molar-refractivity contribution in [3.8, 4) is 0 Å². The molecule has 4 nitrogen and oxygen atoms in total. The highest BCUT2D eigenvalue weighted by Crippen LogP contribution is 2.37. The van der Waals surface area contributed by atoms with Crippen molar-refractivity contribution in [1.29, 1.82) is 0 Å². The maximum absolute atomic E-state index is 13.9. The Morgan fingerprint density at radius 1 is 1.39 bits per heavy atom. The number of aliphatic hydroxyl groups is 1. The maximum Gasteiger partial charge on any atom is 0.186 e. The summed E-state index contributed by atoms with van der Waals surface area (Å²) in [5, 5.41) is 12.5. The molecule has 1 aromatic heterocycles. The van der Waals surface area contributed by atoms with Crippen LogP contribution in [0.25, 0.3) is 0 Å². The number of hydrogen-bond acceptors (Lipinski definition) is 4. The molecule has 1 saturated carbocycles. The SMILES string of the molecule is CCc1ncnc(NCC2(CO)CCCC2)c1F. The van der Waals surface area contributed by atoms with E-state index in [-0.39, 0.29) is 23.7 Å². The Morgan fingerprint density at radius 2 is 2.11 bits per heavy atom. The van der Waals surface area contributed by atoms with Gasteiger partial charge in [-0.1, -0.05) is 19.8 Å². The van der Waals surface area contributed by atoms with Crippen LogP contribution in [0.5, 0.6) is 0 Å². The molecule has 18 heavy (non-hydrogen) atoms. The minimum atomic E-state index is -0.369. The molecule has 0 bridgehead atoms. The molecule has 0 atom stereocenters. The third-order valence-electron chi connectivity index (χ3n) is 3.83. The van der Waals surface area contributed by atoms with Crippen LogP contribution in [0.2, 0.25) is 0 Å². The zero-order valence-corrected chi connectivity index (χ0v) is 10.7. The largest absolute Gasteiger partial charge is 0.396 e. The third-order valence-corrected chi connectivity index (χ3v) is 3.83. The summed E-state index contributed by atoms with van der Waals surface area (Å²) in [6.07, 6.45) is 6.18. The predicted octanol–water partition coefficient (Wildman–Crippen LogP) is 2.14. The van der Waals surface area contributed by atoms with E-state index in [0.29, 0.717) is 18.7 Å². The number of anilines is 1. The van der Waals surface area contributed by atoms with Gasteiger partial charge in [0.2, 0.25) is 0 Å². The number of rotatable bonds is 5. The van der Waals surface area contributed by atoms with Crippen molar-refractivity contribution < 1.29 is 9.50 Å². The summed E-state index contributed by atoms with van der Waals surface area (Å²) in [5.74, 6) is -0.118.